The molecule has 0 amide bonds. The Labute approximate surface area is 363 Å². The minimum absolute atomic E-state index is 0.0555. The monoisotopic (exact) mass is 813 g/mol. The first-order valence-electron chi connectivity index (χ1n) is 21.2. The van der Waals surface area contributed by atoms with Crippen molar-refractivity contribution in [3.63, 3.8) is 0 Å². The van der Waals surface area contributed by atoms with Gasteiger partial charge in [-0.2, -0.15) is 0 Å². The average Bonchev–Trinajstić information content (AvgIpc) is 3.94. The van der Waals surface area contributed by atoms with E-state index in [0.717, 1.165) is 83.8 Å². The highest BCUT2D eigenvalue weighted by molar-refractivity contribution is 7.25. The summed E-state index contributed by atoms with van der Waals surface area (Å²) in [7, 11) is 2.38. The van der Waals surface area contributed by atoms with Crippen molar-refractivity contribution >= 4 is 116 Å². The molecule has 0 saturated heterocycles. The summed E-state index contributed by atoms with van der Waals surface area (Å²) < 4.78 is 18.3. The minimum atomic E-state index is 0.0555. The minimum Gasteiger partial charge on any atom is -0.456 e. The van der Waals surface area contributed by atoms with Gasteiger partial charge in [0.25, 0.3) is 0 Å². The fraction of sp³-hybridized carbons (Fsp3) is 0.0714. The van der Waals surface area contributed by atoms with Crippen molar-refractivity contribution in [3.8, 4) is 22.6 Å². The van der Waals surface area contributed by atoms with Gasteiger partial charge in [-0.1, -0.05) is 130 Å². The van der Waals surface area contributed by atoms with Gasteiger partial charge < -0.3 is 19.0 Å². The van der Waals surface area contributed by atoms with Crippen LogP contribution in [-0.4, -0.2) is 11.8 Å². The van der Waals surface area contributed by atoms with Crippen molar-refractivity contribution in [2.45, 2.75) is 26.2 Å². The van der Waals surface area contributed by atoms with Crippen LogP contribution in [0, 0.1) is 0 Å². The molecule has 2 aliphatic heterocycles. The van der Waals surface area contributed by atoms with Crippen LogP contribution in [0.25, 0.3) is 92.1 Å². The maximum absolute atomic E-state index is 6.76. The summed E-state index contributed by atoms with van der Waals surface area (Å²) in [6, 6.07) is 54.7. The van der Waals surface area contributed by atoms with Gasteiger partial charge in [0.15, 0.2) is 7.28 Å². The Balaban J connectivity index is 1.08. The van der Waals surface area contributed by atoms with E-state index in [2.05, 4.69) is 178 Å². The molecular formula is C56H38BN2O2S. The highest BCUT2D eigenvalue weighted by Crippen LogP contribution is 2.45. The third-order valence-electron chi connectivity index (χ3n) is 12.9. The number of aromatic nitrogens is 1. The number of furan rings is 1. The van der Waals surface area contributed by atoms with Gasteiger partial charge in [-0.05, 0) is 76.1 Å². The number of thiophene rings is 1. The van der Waals surface area contributed by atoms with E-state index in [9.17, 15) is 0 Å². The molecule has 5 heterocycles. The fourth-order valence-electron chi connectivity index (χ4n) is 9.80. The molecule has 1 N–H and O–H groups in total. The van der Waals surface area contributed by atoms with Gasteiger partial charge in [-0.15, -0.1) is 11.3 Å². The molecular weight excluding hydrogens is 776 g/mol. The van der Waals surface area contributed by atoms with Crippen LogP contribution in [0.4, 0.5) is 11.4 Å². The SMILES string of the molecule is C=C1C=C(c2ccccc2)Oc2cc3c(cc21)[B]c1c(-c2cc4c(cc2Nc2ccc(C(C)(C)C)cc2)oc2ccccc24)ccc2c4cc5sc6ccccc6c5cc4n-3c12. The van der Waals surface area contributed by atoms with Crippen molar-refractivity contribution in [3.05, 3.63) is 181 Å². The van der Waals surface area contributed by atoms with E-state index in [-0.39, 0.29) is 5.41 Å². The lowest BCUT2D eigenvalue weighted by molar-refractivity contribution is 0.509. The van der Waals surface area contributed by atoms with Gasteiger partial charge in [-0.25, -0.2) is 0 Å². The Hall–Kier alpha value is -7.28. The van der Waals surface area contributed by atoms with E-state index in [1.165, 1.54) is 53.0 Å². The van der Waals surface area contributed by atoms with Crippen LogP contribution in [0.3, 0.4) is 0 Å². The molecule has 8 aromatic carbocycles. The number of benzene rings is 8. The van der Waals surface area contributed by atoms with Crippen molar-refractivity contribution in [1.29, 1.82) is 0 Å². The first-order valence-corrected chi connectivity index (χ1v) is 22.0. The Morgan fingerprint density at radius 1 is 0.629 bits per heavy atom. The number of ether oxygens (including phenoxy) is 1. The van der Waals surface area contributed by atoms with Crippen molar-refractivity contribution in [2.75, 3.05) is 5.32 Å². The van der Waals surface area contributed by atoms with E-state index in [1.807, 2.05) is 35.6 Å². The summed E-state index contributed by atoms with van der Waals surface area (Å²) in [6.45, 7) is 11.3. The van der Waals surface area contributed by atoms with Crippen LogP contribution in [0.2, 0.25) is 0 Å². The maximum atomic E-state index is 6.76. The molecule has 0 aliphatic carbocycles. The molecule has 4 nitrogen and oxygen atoms in total. The van der Waals surface area contributed by atoms with E-state index < -0.39 is 0 Å². The van der Waals surface area contributed by atoms with Crippen LogP contribution < -0.4 is 21.0 Å². The zero-order chi connectivity index (χ0) is 41.4. The standard InChI is InChI=1S/C56H38BN2O2S/c1-31-24-49(32-12-6-5-7-13-32)61-51-30-47-44(26-39(31)51)57-54-37(22-23-38-41-28-53-43(27-46(41)59(47)55(38)54)36-15-9-11-17-52(36)62-53)40-25-42-35-14-8-10-16-48(35)60-50(42)29-45(40)58-34-20-18-33(19-21-34)56(2,3)4/h5-30,58H,1H2,2-4H3. The lowest BCUT2D eigenvalue weighted by atomic mass is 9.58. The topological polar surface area (TPSA) is 39.3 Å². The molecule has 0 fully saturated rings. The molecule has 1 radical (unpaired) electrons. The number of para-hydroxylation sites is 1. The predicted octanol–water partition coefficient (Wildman–Crippen LogP) is 14.2. The third-order valence-corrected chi connectivity index (χ3v) is 14.0. The number of rotatable bonds is 4. The van der Waals surface area contributed by atoms with E-state index in [4.69, 9.17) is 9.15 Å². The third kappa shape index (κ3) is 5.26. The first kappa shape index (κ1) is 35.5. The normalized spacial score (nSPS) is 13.5. The van der Waals surface area contributed by atoms with Crippen LogP contribution in [0.1, 0.15) is 37.5 Å². The van der Waals surface area contributed by atoms with Crippen LogP contribution >= 0.6 is 11.3 Å². The number of nitrogens with zero attached hydrogens (tertiary/aromatic N) is 1. The van der Waals surface area contributed by atoms with Gasteiger partial charge in [0.2, 0.25) is 0 Å². The summed E-state index contributed by atoms with van der Waals surface area (Å²) in [5.74, 6) is 1.61. The van der Waals surface area contributed by atoms with Gasteiger partial charge in [0.1, 0.15) is 22.7 Å². The number of anilines is 2. The highest BCUT2D eigenvalue weighted by Gasteiger charge is 2.30. The molecule has 13 rings (SSSR count). The zero-order valence-electron chi connectivity index (χ0n) is 34.5. The Bertz CT molecular complexity index is 3770. The van der Waals surface area contributed by atoms with Crippen LogP contribution in [0.5, 0.6) is 5.75 Å². The van der Waals surface area contributed by atoms with Crippen molar-refractivity contribution in [2.24, 2.45) is 0 Å². The lowest BCUT2D eigenvalue weighted by Gasteiger charge is -2.27. The second-order valence-electron chi connectivity index (χ2n) is 17.7. The number of fused-ring (bicyclic) bond motifs is 12. The van der Waals surface area contributed by atoms with Crippen LogP contribution in [-0.2, 0) is 5.41 Å². The molecule has 0 spiro atoms. The Morgan fingerprint density at radius 3 is 2.26 bits per heavy atom. The molecule has 3 aromatic heterocycles. The van der Waals surface area contributed by atoms with E-state index >= 15 is 0 Å². The zero-order valence-corrected chi connectivity index (χ0v) is 35.3. The largest absolute Gasteiger partial charge is 0.456 e. The predicted molar refractivity (Wildman–Crippen MR) is 264 cm³/mol. The second-order valence-corrected chi connectivity index (χ2v) is 18.8. The highest BCUT2D eigenvalue weighted by atomic mass is 32.1. The summed E-state index contributed by atoms with van der Waals surface area (Å²) >= 11 is 1.86. The molecule has 0 unspecified atom stereocenters. The van der Waals surface area contributed by atoms with Crippen LogP contribution in [0.15, 0.2) is 169 Å². The second kappa shape index (κ2) is 12.9. The molecule has 0 saturated carbocycles. The quantitative estimate of drug-likeness (QED) is 0.180. The van der Waals surface area contributed by atoms with Gasteiger partial charge in [0, 0.05) is 87.4 Å². The number of hydrogen-bond acceptors (Lipinski definition) is 4. The molecule has 6 heteroatoms. The molecule has 62 heavy (non-hydrogen) atoms. The molecule has 11 aromatic rings. The molecule has 0 atom stereocenters. The van der Waals surface area contributed by atoms with E-state index in [0.29, 0.717) is 0 Å². The van der Waals surface area contributed by atoms with E-state index in [1.54, 1.807) is 0 Å². The van der Waals surface area contributed by atoms with Crippen molar-refractivity contribution < 1.29 is 9.15 Å². The molecule has 0 bridgehead atoms. The summed E-state index contributed by atoms with van der Waals surface area (Å²) in [4.78, 5) is 0. The van der Waals surface area contributed by atoms with Gasteiger partial charge in [0.05, 0.1) is 11.2 Å². The summed E-state index contributed by atoms with van der Waals surface area (Å²) in [6.07, 6.45) is 2.06. The number of nitrogens with one attached hydrogen (secondary N) is 1. The van der Waals surface area contributed by atoms with Gasteiger partial charge >= 0.3 is 0 Å². The van der Waals surface area contributed by atoms with Crippen molar-refractivity contribution in [1.82, 2.24) is 4.57 Å². The molecule has 293 valence electrons. The van der Waals surface area contributed by atoms with Gasteiger partial charge in [-0.3, -0.25) is 0 Å². The molecule has 2 aliphatic rings. The fourth-order valence-corrected chi connectivity index (χ4v) is 10.9. The Morgan fingerprint density at radius 2 is 1.42 bits per heavy atom. The first-order chi connectivity index (χ1) is 30.2. The lowest BCUT2D eigenvalue weighted by Crippen LogP contribution is -2.37. The number of allylic oxidation sites excluding steroid dienone is 2. The smallest absolute Gasteiger partial charge is 0.197 e. The Kier molecular flexibility index (Phi) is 7.36. The maximum Gasteiger partial charge on any atom is 0.197 e. The average molecular weight is 814 g/mol. The number of hydrogen-bond donors (Lipinski definition) is 1. The summed E-state index contributed by atoms with van der Waals surface area (Å²) in [5.41, 5.74) is 16.0. The summed E-state index contributed by atoms with van der Waals surface area (Å²) in [5, 5.41) is 11.0.